The molecule has 2 aromatic rings. The summed E-state index contributed by atoms with van der Waals surface area (Å²) in [7, 11) is 3.56. The van der Waals surface area contributed by atoms with E-state index in [9.17, 15) is 0 Å². The lowest BCUT2D eigenvalue weighted by molar-refractivity contribution is 0.416. The van der Waals surface area contributed by atoms with Gasteiger partial charge in [0.25, 0.3) is 0 Å². The van der Waals surface area contributed by atoms with Crippen molar-refractivity contribution in [1.82, 2.24) is 0 Å². The van der Waals surface area contributed by atoms with Gasteiger partial charge >= 0.3 is 0 Å². The fraction of sp³-hybridized carbons (Fsp3) is 0.429. The topological polar surface area (TPSA) is 47.3 Å². The number of anilines is 2. The maximum absolute atomic E-state index is 5.55. The van der Waals surface area contributed by atoms with Crippen LogP contribution >= 0.6 is 0 Å². The van der Waals surface area contributed by atoms with Crippen molar-refractivity contribution in [3.63, 3.8) is 0 Å². The molecule has 1 saturated carbocycles. The first kappa shape index (κ1) is 19.9. The quantitative estimate of drug-likeness (QED) is 0.720. The van der Waals surface area contributed by atoms with Gasteiger partial charge in [-0.25, -0.2) is 0 Å². The molecule has 1 aliphatic carbocycles. The summed E-state index contributed by atoms with van der Waals surface area (Å²) in [5.74, 6) is 1.73. The van der Waals surface area contributed by atoms with Crippen molar-refractivity contribution in [2.24, 2.45) is 0 Å². The highest BCUT2D eigenvalue weighted by atomic mass is 16.5. The monoisotopic (exact) mass is 328 g/mol. The Kier molecular flexibility index (Phi) is 8.77. The van der Waals surface area contributed by atoms with E-state index in [-0.39, 0.29) is 0 Å². The van der Waals surface area contributed by atoms with Crippen LogP contribution in [0.4, 0.5) is 11.4 Å². The van der Waals surface area contributed by atoms with Crippen molar-refractivity contribution in [2.75, 3.05) is 25.2 Å². The first-order valence-electron chi connectivity index (χ1n) is 8.73. The average molecular weight is 329 g/mol. The summed E-state index contributed by atoms with van der Waals surface area (Å²) in [6, 6.07) is 14.3. The van der Waals surface area contributed by atoms with E-state index in [4.69, 9.17) is 10.5 Å². The number of methoxy groups -OCH3 is 1. The van der Waals surface area contributed by atoms with Gasteiger partial charge in [0, 0.05) is 12.7 Å². The SMILES string of the molecule is CCC.CNc1cc(C)ccc1OC.Nc1ccc(C2CC2)cc1. The summed E-state index contributed by atoms with van der Waals surface area (Å²) < 4.78 is 5.13. The van der Waals surface area contributed by atoms with Gasteiger partial charge in [-0.15, -0.1) is 0 Å². The lowest BCUT2D eigenvalue weighted by atomic mass is 10.1. The van der Waals surface area contributed by atoms with Crippen molar-refractivity contribution in [2.45, 2.75) is 46.0 Å². The minimum atomic E-state index is 0.848. The number of aryl methyl sites for hydroxylation is 1. The lowest BCUT2D eigenvalue weighted by Gasteiger charge is -2.07. The lowest BCUT2D eigenvalue weighted by Crippen LogP contribution is -1.93. The van der Waals surface area contributed by atoms with E-state index < -0.39 is 0 Å². The molecule has 3 nitrogen and oxygen atoms in total. The fourth-order valence-electron chi connectivity index (χ4n) is 2.20. The zero-order chi connectivity index (χ0) is 17.9. The molecule has 0 unspecified atom stereocenters. The van der Waals surface area contributed by atoms with Crippen LogP contribution in [0.5, 0.6) is 5.75 Å². The Morgan fingerprint density at radius 1 is 1.08 bits per heavy atom. The van der Waals surface area contributed by atoms with Crippen molar-refractivity contribution < 1.29 is 4.74 Å². The zero-order valence-electron chi connectivity index (χ0n) is 15.7. The van der Waals surface area contributed by atoms with Crippen molar-refractivity contribution in [3.8, 4) is 5.75 Å². The number of nitrogen functional groups attached to an aromatic ring is 1. The number of rotatable bonds is 3. The second kappa shape index (κ2) is 10.6. The van der Waals surface area contributed by atoms with Crippen molar-refractivity contribution >= 4 is 11.4 Å². The highest BCUT2D eigenvalue weighted by Gasteiger charge is 2.22. The number of nitrogens with two attached hydrogens (primary N) is 1. The van der Waals surface area contributed by atoms with Crippen molar-refractivity contribution in [1.29, 1.82) is 0 Å². The van der Waals surface area contributed by atoms with Gasteiger partial charge in [-0.05, 0) is 61.1 Å². The minimum Gasteiger partial charge on any atom is -0.495 e. The average Bonchev–Trinajstić information content (AvgIpc) is 3.42. The standard InChI is InChI=1S/C9H13NO.C9H11N.C3H8/c1-7-4-5-9(11-3)8(6-7)10-2;10-9-5-3-8(4-6-9)7-1-2-7;1-3-2/h4-6,10H,1-3H3;3-7H,1-2,10H2;3H2,1-2H3. The largest absolute Gasteiger partial charge is 0.495 e. The van der Waals surface area contributed by atoms with Gasteiger partial charge in [0.05, 0.1) is 12.8 Å². The van der Waals surface area contributed by atoms with Gasteiger partial charge in [0.2, 0.25) is 0 Å². The normalized spacial score (nSPS) is 12.2. The molecule has 0 saturated heterocycles. The molecule has 0 aromatic heterocycles. The Morgan fingerprint density at radius 2 is 1.67 bits per heavy atom. The first-order chi connectivity index (χ1) is 11.5. The smallest absolute Gasteiger partial charge is 0.141 e. The van der Waals surface area contributed by atoms with Gasteiger partial charge < -0.3 is 15.8 Å². The summed E-state index contributed by atoms with van der Waals surface area (Å²) in [6.45, 7) is 6.31. The third-order valence-electron chi connectivity index (χ3n) is 3.61. The Bertz CT molecular complexity index is 589. The molecule has 132 valence electrons. The predicted octanol–water partition coefficient (Wildman–Crippen LogP) is 5.61. The third-order valence-corrected chi connectivity index (χ3v) is 3.61. The molecule has 0 aliphatic heterocycles. The molecule has 1 aliphatic rings. The van der Waals surface area contributed by atoms with E-state index in [2.05, 4.69) is 44.3 Å². The molecule has 24 heavy (non-hydrogen) atoms. The second-order valence-corrected chi connectivity index (χ2v) is 6.10. The zero-order valence-corrected chi connectivity index (χ0v) is 15.7. The van der Waals surface area contributed by atoms with Crippen LogP contribution in [0.1, 0.15) is 50.2 Å². The molecular formula is C21H32N2O. The third kappa shape index (κ3) is 6.95. The molecule has 3 N–H and O–H groups in total. The maximum atomic E-state index is 5.55. The number of hydrogen-bond acceptors (Lipinski definition) is 3. The maximum Gasteiger partial charge on any atom is 0.141 e. The van der Waals surface area contributed by atoms with E-state index in [0.29, 0.717) is 0 Å². The van der Waals surface area contributed by atoms with Crippen LogP contribution in [-0.4, -0.2) is 14.2 Å². The molecule has 2 aromatic carbocycles. The number of benzene rings is 2. The van der Waals surface area contributed by atoms with Crippen molar-refractivity contribution in [3.05, 3.63) is 53.6 Å². The van der Waals surface area contributed by atoms with Gasteiger partial charge in [-0.1, -0.05) is 38.5 Å². The van der Waals surface area contributed by atoms with Crippen LogP contribution in [0.15, 0.2) is 42.5 Å². The number of nitrogens with one attached hydrogen (secondary N) is 1. The molecule has 0 heterocycles. The van der Waals surface area contributed by atoms with Gasteiger partial charge in [-0.2, -0.15) is 0 Å². The van der Waals surface area contributed by atoms with E-state index in [1.807, 2.05) is 31.3 Å². The Morgan fingerprint density at radius 3 is 2.12 bits per heavy atom. The molecule has 3 heteroatoms. The summed E-state index contributed by atoms with van der Waals surface area (Å²) in [4.78, 5) is 0. The number of ether oxygens (including phenoxy) is 1. The summed E-state index contributed by atoms with van der Waals surface area (Å²) in [5.41, 5.74) is 10.1. The van der Waals surface area contributed by atoms with Gasteiger partial charge in [-0.3, -0.25) is 0 Å². The molecule has 1 fully saturated rings. The van der Waals surface area contributed by atoms with E-state index >= 15 is 0 Å². The first-order valence-corrected chi connectivity index (χ1v) is 8.73. The molecule has 0 bridgehead atoms. The van der Waals surface area contributed by atoms with Crippen LogP contribution in [-0.2, 0) is 0 Å². The predicted molar refractivity (Wildman–Crippen MR) is 106 cm³/mol. The molecule has 0 radical (unpaired) electrons. The van der Waals surface area contributed by atoms with E-state index in [0.717, 1.165) is 23.0 Å². The van der Waals surface area contributed by atoms with E-state index in [1.165, 1.54) is 30.4 Å². The fourth-order valence-corrected chi connectivity index (χ4v) is 2.20. The molecule has 0 amide bonds. The van der Waals surface area contributed by atoms with Crippen LogP contribution in [0.2, 0.25) is 0 Å². The molecule has 0 spiro atoms. The second-order valence-electron chi connectivity index (χ2n) is 6.10. The minimum absolute atomic E-state index is 0.848. The Balaban J connectivity index is 0.000000207. The Labute approximate surface area is 147 Å². The van der Waals surface area contributed by atoms with Gasteiger partial charge in [0.15, 0.2) is 0 Å². The van der Waals surface area contributed by atoms with E-state index in [1.54, 1.807) is 7.11 Å². The highest BCUT2D eigenvalue weighted by Crippen LogP contribution is 2.39. The summed E-state index contributed by atoms with van der Waals surface area (Å²) in [5, 5.41) is 3.06. The molecule has 0 atom stereocenters. The Hall–Kier alpha value is -2.16. The van der Waals surface area contributed by atoms with Crippen LogP contribution in [0.25, 0.3) is 0 Å². The number of hydrogen-bond donors (Lipinski definition) is 2. The summed E-state index contributed by atoms with van der Waals surface area (Å²) in [6.07, 6.45) is 3.98. The summed E-state index contributed by atoms with van der Waals surface area (Å²) >= 11 is 0. The molecule has 3 rings (SSSR count). The van der Waals surface area contributed by atoms with Gasteiger partial charge in [0.1, 0.15) is 5.75 Å². The van der Waals surface area contributed by atoms with Crippen LogP contribution in [0.3, 0.4) is 0 Å². The highest BCUT2D eigenvalue weighted by molar-refractivity contribution is 5.57. The van der Waals surface area contributed by atoms with Crippen LogP contribution < -0.4 is 15.8 Å². The molecular weight excluding hydrogens is 296 g/mol. The van der Waals surface area contributed by atoms with Crippen LogP contribution in [0, 0.1) is 6.92 Å².